The molecule has 0 aliphatic rings. The van der Waals surface area contributed by atoms with Crippen LogP contribution in [0.15, 0.2) is 24.3 Å². The number of anilines is 1. The molecule has 0 heterocycles. The maximum atomic E-state index is 11.5. The lowest BCUT2D eigenvalue weighted by Gasteiger charge is -2.17. The third-order valence-corrected chi connectivity index (χ3v) is 2.23. The largest absolute Gasteiger partial charge is 0.309 e. The molecular weight excluding hydrogens is 198 g/mol. The van der Waals surface area contributed by atoms with Gasteiger partial charge in [0.15, 0.2) is 0 Å². The van der Waals surface area contributed by atoms with Gasteiger partial charge in [-0.1, -0.05) is 30.7 Å². The SMILES string of the molecule is [CH2]N(C(=O)CCC)c1ccccc1Cl. The Labute approximate surface area is 89.5 Å². The van der Waals surface area contributed by atoms with E-state index in [2.05, 4.69) is 7.05 Å². The van der Waals surface area contributed by atoms with E-state index < -0.39 is 0 Å². The van der Waals surface area contributed by atoms with Gasteiger partial charge < -0.3 is 4.90 Å². The van der Waals surface area contributed by atoms with Gasteiger partial charge in [-0.05, 0) is 18.6 Å². The van der Waals surface area contributed by atoms with Gasteiger partial charge in [-0.3, -0.25) is 4.79 Å². The van der Waals surface area contributed by atoms with Gasteiger partial charge in [0, 0.05) is 13.5 Å². The van der Waals surface area contributed by atoms with E-state index in [1.807, 2.05) is 19.1 Å². The Morgan fingerprint density at radius 1 is 1.50 bits per heavy atom. The first-order valence-corrected chi connectivity index (χ1v) is 4.92. The Morgan fingerprint density at radius 3 is 2.71 bits per heavy atom. The molecule has 1 radical (unpaired) electrons. The summed E-state index contributed by atoms with van der Waals surface area (Å²) in [5.41, 5.74) is 0.660. The molecule has 0 aromatic heterocycles. The molecule has 0 saturated heterocycles. The molecule has 14 heavy (non-hydrogen) atoms. The van der Waals surface area contributed by atoms with Gasteiger partial charge in [-0.15, -0.1) is 0 Å². The minimum Gasteiger partial charge on any atom is -0.309 e. The minimum atomic E-state index is -0.0133. The lowest BCUT2D eigenvalue weighted by molar-refractivity contribution is -0.118. The van der Waals surface area contributed by atoms with Crippen molar-refractivity contribution in [2.45, 2.75) is 19.8 Å². The van der Waals surface area contributed by atoms with Crippen LogP contribution in [0.25, 0.3) is 0 Å². The van der Waals surface area contributed by atoms with Crippen LogP contribution in [0.2, 0.25) is 5.02 Å². The van der Waals surface area contributed by atoms with Gasteiger partial charge in [0.05, 0.1) is 10.7 Å². The zero-order chi connectivity index (χ0) is 10.6. The lowest BCUT2D eigenvalue weighted by atomic mass is 10.2. The molecule has 0 aliphatic heterocycles. The minimum absolute atomic E-state index is 0.0133. The second kappa shape index (κ2) is 5.01. The van der Waals surface area contributed by atoms with Gasteiger partial charge in [-0.2, -0.15) is 0 Å². The summed E-state index contributed by atoms with van der Waals surface area (Å²) in [6.07, 6.45) is 1.31. The summed E-state index contributed by atoms with van der Waals surface area (Å²) in [4.78, 5) is 12.9. The molecule has 2 nitrogen and oxygen atoms in total. The van der Waals surface area contributed by atoms with Crippen molar-refractivity contribution in [2.75, 3.05) is 4.90 Å². The normalized spacial score (nSPS) is 9.93. The van der Waals surface area contributed by atoms with E-state index in [0.29, 0.717) is 17.1 Å². The molecule has 0 aliphatic carbocycles. The highest BCUT2D eigenvalue weighted by Gasteiger charge is 2.11. The van der Waals surface area contributed by atoms with Crippen molar-refractivity contribution in [3.63, 3.8) is 0 Å². The average molecular weight is 211 g/mol. The van der Waals surface area contributed by atoms with Gasteiger partial charge in [0.2, 0.25) is 5.91 Å². The van der Waals surface area contributed by atoms with Crippen molar-refractivity contribution in [3.05, 3.63) is 36.3 Å². The molecule has 0 saturated carbocycles. The van der Waals surface area contributed by atoms with Crippen LogP contribution in [0.3, 0.4) is 0 Å². The monoisotopic (exact) mass is 210 g/mol. The van der Waals surface area contributed by atoms with Crippen LogP contribution in [0.5, 0.6) is 0 Å². The molecule has 0 unspecified atom stereocenters. The number of hydrogen-bond acceptors (Lipinski definition) is 1. The molecule has 1 amide bonds. The average Bonchev–Trinajstić information content (AvgIpc) is 2.18. The molecule has 0 N–H and O–H groups in total. The molecule has 3 heteroatoms. The number of amides is 1. The smallest absolute Gasteiger partial charge is 0.227 e. The van der Waals surface area contributed by atoms with Crippen LogP contribution in [0, 0.1) is 7.05 Å². The first-order valence-electron chi connectivity index (χ1n) is 4.54. The number of nitrogens with zero attached hydrogens (tertiary/aromatic N) is 1. The molecular formula is C11H13ClNO. The number of rotatable bonds is 3. The van der Waals surface area contributed by atoms with E-state index in [0.717, 1.165) is 6.42 Å². The predicted octanol–water partition coefficient (Wildman–Crippen LogP) is 3.26. The quantitative estimate of drug-likeness (QED) is 0.750. The Bertz CT molecular complexity index is 325. The van der Waals surface area contributed by atoms with E-state index in [1.54, 1.807) is 12.1 Å². The zero-order valence-electron chi connectivity index (χ0n) is 8.16. The van der Waals surface area contributed by atoms with Crippen molar-refractivity contribution in [3.8, 4) is 0 Å². The van der Waals surface area contributed by atoms with Crippen molar-refractivity contribution >= 4 is 23.2 Å². The molecule has 75 valence electrons. The lowest BCUT2D eigenvalue weighted by Crippen LogP contribution is -2.23. The summed E-state index contributed by atoms with van der Waals surface area (Å²) in [6, 6.07) is 7.18. The Balaban J connectivity index is 2.84. The molecule has 1 aromatic rings. The Kier molecular flexibility index (Phi) is 3.96. The molecule has 0 fully saturated rings. The topological polar surface area (TPSA) is 20.3 Å². The fraction of sp³-hybridized carbons (Fsp3) is 0.273. The van der Waals surface area contributed by atoms with Gasteiger partial charge >= 0.3 is 0 Å². The van der Waals surface area contributed by atoms with Crippen molar-refractivity contribution in [1.29, 1.82) is 0 Å². The molecule has 1 rings (SSSR count). The predicted molar refractivity (Wildman–Crippen MR) is 59.2 cm³/mol. The van der Waals surface area contributed by atoms with Crippen LogP contribution < -0.4 is 4.90 Å². The highest BCUT2D eigenvalue weighted by Crippen LogP contribution is 2.25. The Hall–Kier alpha value is -1.02. The van der Waals surface area contributed by atoms with E-state index in [1.165, 1.54) is 4.90 Å². The van der Waals surface area contributed by atoms with Crippen molar-refractivity contribution in [1.82, 2.24) is 0 Å². The maximum absolute atomic E-state index is 11.5. The number of carbonyl (C=O) groups is 1. The van der Waals surface area contributed by atoms with Gasteiger partial charge in [-0.25, -0.2) is 0 Å². The summed E-state index contributed by atoms with van der Waals surface area (Å²) in [7, 11) is 3.69. The molecule has 0 bridgehead atoms. The van der Waals surface area contributed by atoms with Gasteiger partial charge in [0.1, 0.15) is 0 Å². The molecule has 0 spiro atoms. The van der Waals surface area contributed by atoms with Crippen LogP contribution in [-0.2, 0) is 4.79 Å². The molecule has 1 aromatic carbocycles. The van der Waals surface area contributed by atoms with E-state index in [4.69, 9.17) is 11.6 Å². The number of para-hydroxylation sites is 1. The van der Waals surface area contributed by atoms with Gasteiger partial charge in [0.25, 0.3) is 0 Å². The van der Waals surface area contributed by atoms with Crippen LogP contribution in [0.4, 0.5) is 5.69 Å². The summed E-state index contributed by atoms with van der Waals surface area (Å²) >= 11 is 5.93. The third-order valence-electron chi connectivity index (χ3n) is 1.91. The summed E-state index contributed by atoms with van der Waals surface area (Å²) in [6.45, 7) is 1.96. The fourth-order valence-corrected chi connectivity index (χ4v) is 1.39. The summed E-state index contributed by atoms with van der Waals surface area (Å²) in [5, 5.41) is 0.548. The second-order valence-corrected chi connectivity index (χ2v) is 3.43. The Morgan fingerprint density at radius 2 is 2.14 bits per heavy atom. The first kappa shape index (κ1) is 11.1. The number of carbonyl (C=O) groups excluding carboxylic acids is 1. The van der Waals surface area contributed by atoms with Crippen LogP contribution in [-0.4, -0.2) is 5.91 Å². The number of halogens is 1. The summed E-state index contributed by atoms with van der Waals surface area (Å²) < 4.78 is 0. The zero-order valence-corrected chi connectivity index (χ0v) is 8.92. The summed E-state index contributed by atoms with van der Waals surface area (Å²) in [5.74, 6) is -0.0133. The van der Waals surface area contributed by atoms with Crippen LogP contribution in [0.1, 0.15) is 19.8 Å². The van der Waals surface area contributed by atoms with Crippen LogP contribution >= 0.6 is 11.6 Å². The standard InChI is InChI=1S/C11H13ClNO/c1-3-6-11(14)13(2)10-8-5-4-7-9(10)12/h4-5,7-8H,2-3,6H2,1H3. The highest BCUT2D eigenvalue weighted by molar-refractivity contribution is 6.33. The van der Waals surface area contributed by atoms with E-state index in [9.17, 15) is 4.79 Å². The number of hydrogen-bond donors (Lipinski definition) is 0. The second-order valence-electron chi connectivity index (χ2n) is 3.02. The number of benzene rings is 1. The maximum Gasteiger partial charge on any atom is 0.227 e. The van der Waals surface area contributed by atoms with Crippen molar-refractivity contribution < 1.29 is 4.79 Å². The molecule has 0 atom stereocenters. The van der Waals surface area contributed by atoms with E-state index in [-0.39, 0.29) is 5.91 Å². The fourth-order valence-electron chi connectivity index (χ4n) is 1.15. The first-order chi connectivity index (χ1) is 6.66. The third kappa shape index (κ3) is 2.48. The van der Waals surface area contributed by atoms with Crippen molar-refractivity contribution in [2.24, 2.45) is 0 Å². The highest BCUT2D eigenvalue weighted by atomic mass is 35.5. The van der Waals surface area contributed by atoms with E-state index >= 15 is 0 Å².